The summed E-state index contributed by atoms with van der Waals surface area (Å²) in [7, 11) is 1.74. The summed E-state index contributed by atoms with van der Waals surface area (Å²) in [5, 5.41) is 16.5. The normalized spacial score (nSPS) is 20.1. The van der Waals surface area contributed by atoms with Crippen molar-refractivity contribution in [2.45, 2.75) is 82.6 Å². The summed E-state index contributed by atoms with van der Waals surface area (Å²) in [5.41, 5.74) is 2.02. The van der Waals surface area contributed by atoms with Gasteiger partial charge in [-0.15, -0.1) is 0 Å². The Morgan fingerprint density at radius 1 is 0.773 bits per heavy atom. The quantitative estimate of drug-likeness (QED) is 0.291. The van der Waals surface area contributed by atoms with Gasteiger partial charge in [0.25, 0.3) is 0 Å². The fourth-order valence-electron chi connectivity index (χ4n) is 6.04. The number of ketones is 1. The van der Waals surface area contributed by atoms with E-state index in [2.05, 4.69) is 16.0 Å². The van der Waals surface area contributed by atoms with Crippen molar-refractivity contribution in [2.24, 2.45) is 17.8 Å². The number of carboxylic acids is 1. The number of alkyl halides is 3. The lowest BCUT2D eigenvalue weighted by Gasteiger charge is -2.33. The van der Waals surface area contributed by atoms with Crippen LogP contribution in [0.3, 0.4) is 0 Å². The second-order valence-electron chi connectivity index (χ2n) is 11.5. The van der Waals surface area contributed by atoms with Gasteiger partial charge in [0.05, 0.1) is 18.1 Å². The molecule has 2 aliphatic rings. The first kappa shape index (κ1) is 34.8. The largest absolute Gasteiger partial charge is 0.490 e. The highest BCUT2D eigenvalue weighted by Crippen LogP contribution is 2.37. The second kappa shape index (κ2) is 16.4. The Balaban J connectivity index is 0.000000676. The minimum absolute atomic E-state index is 0.0391. The number of nitrogens with one attached hydrogen (secondary N) is 3. The molecule has 4 atom stereocenters. The molecule has 2 aliphatic carbocycles. The number of carboxylic acid groups (broad SMARTS) is 1. The lowest BCUT2D eigenvalue weighted by Crippen LogP contribution is -2.54. The number of hydrogen-bond donors (Lipinski definition) is 4. The highest BCUT2D eigenvalue weighted by molar-refractivity contribution is 5.95. The predicted molar refractivity (Wildman–Crippen MR) is 159 cm³/mol. The molecule has 2 amide bonds. The summed E-state index contributed by atoms with van der Waals surface area (Å²) in [4.78, 5) is 49.5. The van der Waals surface area contributed by atoms with E-state index in [1.165, 1.54) is 6.42 Å². The number of amides is 2. The van der Waals surface area contributed by atoms with E-state index in [0.29, 0.717) is 12.8 Å². The van der Waals surface area contributed by atoms with E-state index in [0.717, 1.165) is 43.2 Å². The first-order valence-electron chi connectivity index (χ1n) is 15.2. The SMILES string of the molecule is CN[C@@H](C)C(=O)N[C@@H](C(=O)C1CCC[C@H]1C(=O)NC(c1ccccc1)c1ccccc1)C1CCCCC1.O=C(O)C(F)(F)F. The van der Waals surface area contributed by atoms with Crippen LogP contribution in [0.1, 0.15) is 75.5 Å². The molecule has 0 aliphatic heterocycles. The van der Waals surface area contributed by atoms with Gasteiger partial charge in [0.2, 0.25) is 11.8 Å². The van der Waals surface area contributed by atoms with E-state index in [-0.39, 0.29) is 47.4 Å². The number of aliphatic carboxylic acids is 1. The van der Waals surface area contributed by atoms with Crippen LogP contribution in [-0.2, 0) is 19.2 Å². The third-order valence-electron chi connectivity index (χ3n) is 8.56. The molecular formula is C33H42F3N3O5. The van der Waals surface area contributed by atoms with Crippen molar-refractivity contribution >= 4 is 23.6 Å². The molecule has 1 unspecified atom stereocenters. The first-order valence-corrected chi connectivity index (χ1v) is 15.2. The highest BCUT2D eigenvalue weighted by atomic mass is 19.4. The van der Waals surface area contributed by atoms with Crippen LogP contribution in [0.4, 0.5) is 13.2 Å². The van der Waals surface area contributed by atoms with Gasteiger partial charge in [0, 0.05) is 11.8 Å². The van der Waals surface area contributed by atoms with Gasteiger partial charge in [-0.2, -0.15) is 13.2 Å². The standard InChI is InChI=1S/C31H41N3O3.C2HF3O2/c1-21(32-2)30(36)34-28(24-17-10-5-11-18-24)29(35)25-19-12-20-26(25)31(37)33-27(22-13-6-3-7-14-22)23-15-8-4-9-16-23;3-2(4,5)1(6)7/h3-4,6-9,13-16,21,24-28,32H,5,10-12,17-20H2,1-2H3,(H,33,37)(H,34,36);(H,6,7)/t21-,25?,26+,28+;/m0./s1. The number of rotatable bonds is 10. The fraction of sp³-hybridized carbons (Fsp3) is 0.515. The lowest BCUT2D eigenvalue weighted by molar-refractivity contribution is -0.192. The molecule has 2 aromatic rings. The summed E-state index contributed by atoms with van der Waals surface area (Å²) in [6.07, 6.45) is 2.36. The fourth-order valence-corrected chi connectivity index (χ4v) is 6.04. The van der Waals surface area contributed by atoms with Gasteiger partial charge < -0.3 is 21.1 Å². The van der Waals surface area contributed by atoms with E-state index in [1.807, 2.05) is 60.7 Å². The minimum Gasteiger partial charge on any atom is -0.475 e. The number of Topliss-reactive ketones (excluding diaryl/α,β-unsaturated/α-hetero) is 1. The van der Waals surface area contributed by atoms with E-state index in [1.54, 1.807) is 14.0 Å². The third-order valence-corrected chi connectivity index (χ3v) is 8.56. The molecule has 44 heavy (non-hydrogen) atoms. The average molecular weight is 618 g/mol. The Bertz CT molecular complexity index is 1200. The monoisotopic (exact) mass is 617 g/mol. The van der Waals surface area contributed by atoms with E-state index in [4.69, 9.17) is 9.90 Å². The molecule has 4 N–H and O–H groups in total. The van der Waals surface area contributed by atoms with Gasteiger partial charge in [-0.05, 0) is 56.7 Å². The number of benzene rings is 2. The van der Waals surface area contributed by atoms with E-state index < -0.39 is 18.2 Å². The summed E-state index contributed by atoms with van der Waals surface area (Å²) in [6.45, 7) is 1.80. The maximum Gasteiger partial charge on any atom is 0.490 e. The molecule has 240 valence electrons. The van der Waals surface area contributed by atoms with Crippen LogP contribution in [0.5, 0.6) is 0 Å². The summed E-state index contributed by atoms with van der Waals surface area (Å²) < 4.78 is 31.7. The summed E-state index contributed by atoms with van der Waals surface area (Å²) in [6, 6.07) is 18.7. The molecule has 0 radical (unpaired) electrons. The molecule has 0 spiro atoms. The predicted octanol–water partition coefficient (Wildman–Crippen LogP) is 5.18. The van der Waals surface area contributed by atoms with E-state index >= 15 is 0 Å². The molecule has 8 nitrogen and oxygen atoms in total. The first-order chi connectivity index (χ1) is 20.9. The molecular weight excluding hydrogens is 575 g/mol. The van der Waals surface area contributed by atoms with Gasteiger partial charge in [-0.3, -0.25) is 14.4 Å². The van der Waals surface area contributed by atoms with Gasteiger partial charge in [-0.25, -0.2) is 4.79 Å². The molecule has 0 heterocycles. The molecule has 11 heteroatoms. The number of likely N-dealkylation sites (N-methyl/N-ethyl adjacent to an activating group) is 1. The van der Waals surface area contributed by atoms with Crippen molar-refractivity contribution in [2.75, 3.05) is 7.05 Å². The number of hydrogen-bond acceptors (Lipinski definition) is 5. The zero-order valence-electron chi connectivity index (χ0n) is 25.1. The van der Waals surface area contributed by atoms with Crippen LogP contribution >= 0.6 is 0 Å². The lowest BCUT2D eigenvalue weighted by atomic mass is 9.77. The van der Waals surface area contributed by atoms with Crippen molar-refractivity contribution in [1.82, 2.24) is 16.0 Å². The Morgan fingerprint density at radius 3 is 1.75 bits per heavy atom. The van der Waals surface area contributed by atoms with Crippen LogP contribution in [0, 0.1) is 17.8 Å². The Morgan fingerprint density at radius 2 is 1.27 bits per heavy atom. The van der Waals surface area contributed by atoms with Crippen molar-refractivity contribution < 1.29 is 37.5 Å². The van der Waals surface area contributed by atoms with Crippen LogP contribution in [0.25, 0.3) is 0 Å². The number of halogens is 3. The van der Waals surface area contributed by atoms with Gasteiger partial charge in [0.15, 0.2) is 5.78 Å². The Kier molecular flexibility index (Phi) is 12.9. The minimum atomic E-state index is -5.08. The van der Waals surface area contributed by atoms with Crippen molar-refractivity contribution in [1.29, 1.82) is 0 Å². The summed E-state index contributed by atoms with van der Waals surface area (Å²) in [5.74, 6) is -3.56. The van der Waals surface area contributed by atoms with Crippen LogP contribution < -0.4 is 16.0 Å². The molecule has 4 rings (SSSR count). The molecule has 2 fully saturated rings. The molecule has 0 saturated heterocycles. The van der Waals surface area contributed by atoms with Gasteiger partial charge in [0.1, 0.15) is 0 Å². The highest BCUT2D eigenvalue weighted by Gasteiger charge is 2.43. The maximum atomic E-state index is 14.0. The second-order valence-corrected chi connectivity index (χ2v) is 11.5. The van der Waals surface area contributed by atoms with Crippen molar-refractivity contribution in [3.8, 4) is 0 Å². The number of carbonyl (C=O) groups is 4. The van der Waals surface area contributed by atoms with Gasteiger partial charge in [-0.1, -0.05) is 86.3 Å². The smallest absolute Gasteiger partial charge is 0.475 e. The van der Waals surface area contributed by atoms with Crippen molar-refractivity contribution in [3.05, 3.63) is 71.8 Å². The van der Waals surface area contributed by atoms with Crippen molar-refractivity contribution in [3.63, 3.8) is 0 Å². The maximum absolute atomic E-state index is 14.0. The number of carbonyl (C=O) groups excluding carboxylic acids is 3. The Hall–Kier alpha value is -3.73. The van der Waals surface area contributed by atoms with Crippen LogP contribution in [-0.4, -0.2) is 54.0 Å². The average Bonchev–Trinajstić information content (AvgIpc) is 3.53. The topological polar surface area (TPSA) is 125 Å². The Labute approximate surface area is 256 Å². The molecule has 0 aromatic heterocycles. The molecule has 2 saturated carbocycles. The van der Waals surface area contributed by atoms with Crippen LogP contribution in [0.15, 0.2) is 60.7 Å². The summed E-state index contributed by atoms with van der Waals surface area (Å²) >= 11 is 0. The van der Waals surface area contributed by atoms with Crippen LogP contribution in [0.2, 0.25) is 0 Å². The molecule has 2 aromatic carbocycles. The zero-order chi connectivity index (χ0) is 32.3. The molecule has 0 bridgehead atoms. The van der Waals surface area contributed by atoms with Gasteiger partial charge >= 0.3 is 12.1 Å². The van der Waals surface area contributed by atoms with E-state index in [9.17, 15) is 27.6 Å². The zero-order valence-corrected chi connectivity index (χ0v) is 25.1. The third kappa shape index (κ3) is 9.64.